The third-order valence-electron chi connectivity index (χ3n) is 3.31. The van der Waals surface area contributed by atoms with Gasteiger partial charge in [0.2, 0.25) is 0 Å². The highest BCUT2D eigenvalue weighted by Crippen LogP contribution is 2.25. The van der Waals surface area contributed by atoms with E-state index in [4.69, 9.17) is 16.3 Å². The Morgan fingerprint density at radius 2 is 2.12 bits per heavy atom. The lowest BCUT2D eigenvalue weighted by atomic mass is 10.2. The normalized spacial score (nSPS) is 18.8. The average Bonchev–Trinajstić information content (AvgIpc) is 2.83. The highest BCUT2D eigenvalue weighted by molar-refractivity contribution is 7.91. The lowest BCUT2D eigenvalue weighted by molar-refractivity contribution is -0.384. The number of nitro groups is 1. The van der Waals surface area contributed by atoms with Gasteiger partial charge < -0.3 is 10.1 Å². The van der Waals surface area contributed by atoms with E-state index in [0.29, 0.717) is 6.42 Å². The minimum Gasteiger partial charge on any atom is -0.452 e. The molecule has 1 aliphatic rings. The Hall–Kier alpha value is -2.20. The number of esters is 1. The van der Waals surface area contributed by atoms with Gasteiger partial charge in [-0.25, -0.2) is 13.2 Å². The number of nitro benzene ring substituents is 1. The molecule has 0 bridgehead atoms. The number of hydrogen-bond donors (Lipinski definition) is 1. The van der Waals surface area contributed by atoms with Crippen molar-refractivity contribution in [3.63, 3.8) is 0 Å². The third kappa shape index (κ3) is 4.65. The van der Waals surface area contributed by atoms with Gasteiger partial charge in [0.15, 0.2) is 16.4 Å². The standard InChI is InChI=1S/C13H13ClN2O7S/c14-10-2-1-8(5-11(10)16(19)20)13(18)23-6-12(17)15-9-3-4-24(21,22)7-9/h1-2,5,9H,3-4,6-7H2,(H,15,17)/t9-/m0/s1. The first-order valence-electron chi connectivity index (χ1n) is 6.79. The summed E-state index contributed by atoms with van der Waals surface area (Å²) >= 11 is 5.63. The van der Waals surface area contributed by atoms with Crippen molar-refractivity contribution in [2.45, 2.75) is 12.5 Å². The summed E-state index contributed by atoms with van der Waals surface area (Å²) in [4.78, 5) is 33.5. The maximum Gasteiger partial charge on any atom is 0.338 e. The van der Waals surface area contributed by atoms with Crippen LogP contribution in [0.3, 0.4) is 0 Å². The van der Waals surface area contributed by atoms with Crippen LogP contribution in [0.25, 0.3) is 0 Å². The number of amides is 1. The SMILES string of the molecule is O=C(COC(=O)c1ccc(Cl)c([N+](=O)[O-])c1)N[C@H]1CCS(=O)(=O)C1. The van der Waals surface area contributed by atoms with Crippen LogP contribution >= 0.6 is 11.6 Å². The van der Waals surface area contributed by atoms with E-state index in [9.17, 15) is 28.1 Å². The van der Waals surface area contributed by atoms with Crippen molar-refractivity contribution in [1.82, 2.24) is 5.32 Å². The van der Waals surface area contributed by atoms with Gasteiger partial charge in [-0.1, -0.05) is 11.6 Å². The first-order chi connectivity index (χ1) is 11.2. The first kappa shape index (κ1) is 18.1. The van der Waals surface area contributed by atoms with Crippen LogP contribution in [-0.4, -0.2) is 49.4 Å². The minimum absolute atomic E-state index is 0.00613. The van der Waals surface area contributed by atoms with Crippen LogP contribution in [-0.2, 0) is 19.4 Å². The number of halogens is 1. The molecule has 2 rings (SSSR count). The van der Waals surface area contributed by atoms with E-state index < -0.39 is 45.0 Å². The molecule has 0 unspecified atom stereocenters. The van der Waals surface area contributed by atoms with Crippen molar-refractivity contribution < 1.29 is 27.7 Å². The monoisotopic (exact) mass is 376 g/mol. The number of ether oxygens (including phenoxy) is 1. The molecule has 1 aromatic rings. The molecule has 9 nitrogen and oxygen atoms in total. The molecule has 0 aliphatic carbocycles. The largest absolute Gasteiger partial charge is 0.452 e. The fourth-order valence-electron chi connectivity index (χ4n) is 2.17. The summed E-state index contributed by atoms with van der Waals surface area (Å²) in [7, 11) is -3.13. The van der Waals surface area contributed by atoms with E-state index in [2.05, 4.69) is 5.32 Å². The van der Waals surface area contributed by atoms with Gasteiger partial charge in [-0.2, -0.15) is 0 Å². The van der Waals surface area contributed by atoms with Crippen LogP contribution in [0.5, 0.6) is 0 Å². The molecule has 1 aromatic carbocycles. The van der Waals surface area contributed by atoms with Gasteiger partial charge >= 0.3 is 5.97 Å². The van der Waals surface area contributed by atoms with Gasteiger partial charge in [0.05, 0.1) is 22.0 Å². The zero-order valence-electron chi connectivity index (χ0n) is 12.2. The predicted octanol–water partition coefficient (Wildman–Crippen LogP) is 0.708. The van der Waals surface area contributed by atoms with E-state index in [1.54, 1.807) is 0 Å². The Morgan fingerprint density at radius 1 is 1.42 bits per heavy atom. The van der Waals surface area contributed by atoms with Gasteiger partial charge in [0.25, 0.3) is 11.6 Å². The van der Waals surface area contributed by atoms with Crippen molar-refractivity contribution in [3.05, 3.63) is 38.9 Å². The minimum atomic E-state index is -3.13. The van der Waals surface area contributed by atoms with Gasteiger partial charge in [-0.15, -0.1) is 0 Å². The van der Waals surface area contributed by atoms with Crippen LogP contribution in [0.1, 0.15) is 16.8 Å². The van der Waals surface area contributed by atoms with E-state index >= 15 is 0 Å². The molecular formula is C13H13ClN2O7S. The van der Waals surface area contributed by atoms with Crippen molar-refractivity contribution in [2.24, 2.45) is 0 Å². The molecular weight excluding hydrogens is 364 g/mol. The molecule has 1 heterocycles. The molecule has 1 N–H and O–H groups in total. The maximum atomic E-state index is 11.8. The number of nitrogens with zero attached hydrogens (tertiary/aromatic N) is 1. The smallest absolute Gasteiger partial charge is 0.338 e. The fraction of sp³-hybridized carbons (Fsp3) is 0.385. The molecule has 1 aliphatic heterocycles. The van der Waals surface area contributed by atoms with Gasteiger partial charge in [0, 0.05) is 12.1 Å². The molecule has 0 spiro atoms. The second kappa shape index (κ2) is 7.14. The van der Waals surface area contributed by atoms with E-state index in [0.717, 1.165) is 6.07 Å². The number of nitrogens with one attached hydrogen (secondary N) is 1. The molecule has 0 radical (unpaired) electrons. The zero-order chi connectivity index (χ0) is 17.9. The lowest BCUT2D eigenvalue weighted by Crippen LogP contribution is -2.38. The van der Waals surface area contributed by atoms with Crippen molar-refractivity contribution >= 4 is 39.0 Å². The Morgan fingerprint density at radius 3 is 2.71 bits per heavy atom. The Kier molecular flexibility index (Phi) is 5.40. The van der Waals surface area contributed by atoms with Crippen LogP contribution in [0.2, 0.25) is 5.02 Å². The molecule has 11 heteroatoms. The average molecular weight is 377 g/mol. The number of carbonyl (C=O) groups is 2. The zero-order valence-corrected chi connectivity index (χ0v) is 13.8. The molecule has 130 valence electrons. The number of benzene rings is 1. The summed E-state index contributed by atoms with van der Waals surface area (Å²) < 4.78 is 27.3. The predicted molar refractivity (Wildman–Crippen MR) is 83.6 cm³/mol. The summed E-state index contributed by atoms with van der Waals surface area (Å²) in [6.07, 6.45) is 0.311. The number of hydrogen-bond acceptors (Lipinski definition) is 7. The van der Waals surface area contributed by atoms with Crippen LogP contribution in [0, 0.1) is 10.1 Å². The summed E-state index contributed by atoms with van der Waals surface area (Å²) in [6.45, 7) is -0.619. The van der Waals surface area contributed by atoms with Crippen molar-refractivity contribution in [1.29, 1.82) is 0 Å². The molecule has 0 saturated carbocycles. The van der Waals surface area contributed by atoms with Gasteiger partial charge in [0.1, 0.15) is 5.02 Å². The fourth-order valence-corrected chi connectivity index (χ4v) is 4.03. The topological polar surface area (TPSA) is 133 Å². The van der Waals surface area contributed by atoms with Crippen LogP contribution in [0.15, 0.2) is 18.2 Å². The molecule has 0 aromatic heterocycles. The van der Waals surface area contributed by atoms with E-state index in [1.165, 1.54) is 12.1 Å². The first-order valence-corrected chi connectivity index (χ1v) is 8.99. The summed E-state index contributed by atoms with van der Waals surface area (Å²) in [5, 5.41) is 13.1. The number of rotatable bonds is 5. The van der Waals surface area contributed by atoms with E-state index in [1.807, 2.05) is 0 Å². The van der Waals surface area contributed by atoms with Crippen molar-refractivity contribution in [2.75, 3.05) is 18.1 Å². The second-order valence-electron chi connectivity index (χ2n) is 5.17. The van der Waals surface area contributed by atoms with Crippen LogP contribution in [0.4, 0.5) is 5.69 Å². The highest BCUT2D eigenvalue weighted by Gasteiger charge is 2.29. The Balaban J connectivity index is 1.90. The Labute approximate surface area is 142 Å². The number of sulfone groups is 1. The Bertz CT molecular complexity index is 794. The highest BCUT2D eigenvalue weighted by atomic mass is 35.5. The van der Waals surface area contributed by atoms with Crippen LogP contribution < -0.4 is 5.32 Å². The summed E-state index contributed by atoms with van der Waals surface area (Å²) in [5.74, 6) is -1.71. The third-order valence-corrected chi connectivity index (χ3v) is 5.40. The van der Waals surface area contributed by atoms with Crippen molar-refractivity contribution in [3.8, 4) is 0 Å². The van der Waals surface area contributed by atoms with E-state index in [-0.39, 0.29) is 22.1 Å². The number of carbonyl (C=O) groups excluding carboxylic acids is 2. The molecule has 1 saturated heterocycles. The molecule has 24 heavy (non-hydrogen) atoms. The summed E-state index contributed by atoms with van der Waals surface area (Å²) in [6, 6.07) is 2.86. The quantitative estimate of drug-likeness (QED) is 0.454. The maximum absolute atomic E-state index is 11.8. The molecule has 1 fully saturated rings. The second-order valence-corrected chi connectivity index (χ2v) is 7.80. The van der Waals surface area contributed by atoms with Gasteiger partial charge in [-0.3, -0.25) is 14.9 Å². The van der Waals surface area contributed by atoms with Gasteiger partial charge in [-0.05, 0) is 18.6 Å². The molecule has 1 atom stereocenters. The summed E-state index contributed by atoms with van der Waals surface area (Å²) in [5.41, 5.74) is -0.575. The molecule has 1 amide bonds. The lowest BCUT2D eigenvalue weighted by Gasteiger charge is -2.11.